The Labute approximate surface area is 215 Å². The number of hydrogen-bond donors (Lipinski definition) is 2. The van der Waals surface area contributed by atoms with Crippen LogP contribution < -0.4 is 10.1 Å². The number of rotatable bonds is 5. The molecule has 36 heavy (non-hydrogen) atoms. The van der Waals surface area contributed by atoms with Crippen molar-refractivity contribution >= 4 is 29.4 Å². The van der Waals surface area contributed by atoms with Gasteiger partial charge in [0.05, 0.1) is 11.0 Å². The molecule has 2 heterocycles. The van der Waals surface area contributed by atoms with Crippen molar-refractivity contribution in [2.45, 2.75) is 61.6 Å². The van der Waals surface area contributed by atoms with Crippen LogP contribution in [-0.4, -0.2) is 52.5 Å². The molecular formula is C29H29ClN2O4. The van der Waals surface area contributed by atoms with Crippen LogP contribution in [0, 0.1) is 5.92 Å². The van der Waals surface area contributed by atoms with Crippen LogP contribution in [0.4, 0.5) is 0 Å². The first kappa shape index (κ1) is 22.4. The summed E-state index contributed by atoms with van der Waals surface area (Å²) in [7, 11) is 0. The van der Waals surface area contributed by atoms with Crippen LogP contribution in [0.5, 0.6) is 11.5 Å². The fourth-order valence-electron chi connectivity index (χ4n) is 7.57. The third-order valence-electron chi connectivity index (χ3n) is 9.26. The molecule has 6 nitrogen and oxygen atoms in total. The topological polar surface area (TPSA) is 78.9 Å². The van der Waals surface area contributed by atoms with Crippen LogP contribution in [-0.2, 0) is 21.4 Å². The first-order valence-electron chi connectivity index (χ1n) is 13.0. The average molecular weight is 505 g/mol. The molecule has 2 aromatic carbocycles. The predicted octanol–water partition coefficient (Wildman–Crippen LogP) is 4.02. The highest BCUT2D eigenvalue weighted by Crippen LogP contribution is 2.65. The Kier molecular flexibility index (Phi) is 4.87. The van der Waals surface area contributed by atoms with E-state index >= 15 is 0 Å². The average Bonchev–Trinajstić information content (AvgIpc) is 3.61. The van der Waals surface area contributed by atoms with Crippen LogP contribution >= 0.6 is 11.6 Å². The normalized spacial score (nSPS) is 32.3. The second-order valence-corrected chi connectivity index (χ2v) is 11.6. The lowest BCUT2D eigenvalue weighted by atomic mass is 9.47. The number of phenols is 1. The number of aromatic hydroxyl groups is 1. The Balaban J connectivity index is 1.33. The van der Waals surface area contributed by atoms with Crippen molar-refractivity contribution in [2.75, 3.05) is 13.1 Å². The van der Waals surface area contributed by atoms with Gasteiger partial charge in [0.15, 0.2) is 23.4 Å². The molecule has 2 N–H and O–H groups in total. The van der Waals surface area contributed by atoms with Crippen molar-refractivity contribution in [3.8, 4) is 11.5 Å². The molecule has 2 bridgehead atoms. The van der Waals surface area contributed by atoms with Crippen molar-refractivity contribution in [3.63, 3.8) is 0 Å². The molecule has 2 saturated carbocycles. The number of carbonyl (C=O) groups excluding carboxylic acids is 2. The molecule has 3 aliphatic carbocycles. The molecule has 2 aliphatic heterocycles. The fraction of sp³-hybridized carbons (Fsp3) is 0.448. The SMILES string of the molecule is O=C(/C=C/c1ccc(Cl)cc1)NC12CCC(=O)C3Oc4c(O)ccc5c4C31CCN(CC1CC1)C2C5. The lowest BCUT2D eigenvalue weighted by Gasteiger charge is -2.65. The molecule has 0 aromatic heterocycles. The maximum atomic E-state index is 13.5. The highest BCUT2D eigenvalue weighted by Gasteiger charge is 2.73. The van der Waals surface area contributed by atoms with E-state index in [2.05, 4.69) is 10.2 Å². The minimum Gasteiger partial charge on any atom is -0.504 e. The number of nitrogens with one attached hydrogen (secondary N) is 1. The number of phenolic OH excluding ortho intramolecular Hbond substituents is 1. The van der Waals surface area contributed by atoms with Gasteiger partial charge in [-0.05, 0) is 80.0 Å². The van der Waals surface area contributed by atoms with Gasteiger partial charge >= 0.3 is 0 Å². The summed E-state index contributed by atoms with van der Waals surface area (Å²) in [5.41, 5.74) is 1.66. The molecule has 186 valence electrons. The molecule has 7 rings (SSSR count). The van der Waals surface area contributed by atoms with Gasteiger partial charge in [-0.1, -0.05) is 29.8 Å². The molecule has 5 aliphatic rings. The molecule has 4 atom stereocenters. The number of ether oxygens (including phenoxy) is 1. The van der Waals surface area contributed by atoms with Crippen molar-refractivity contribution in [3.05, 3.63) is 64.2 Å². The molecule has 0 radical (unpaired) electrons. The fourth-order valence-corrected chi connectivity index (χ4v) is 7.70. The number of amides is 1. The summed E-state index contributed by atoms with van der Waals surface area (Å²) in [5.74, 6) is 1.13. The maximum Gasteiger partial charge on any atom is 0.244 e. The largest absolute Gasteiger partial charge is 0.504 e. The lowest BCUT2D eigenvalue weighted by molar-refractivity contribution is -0.148. The molecule has 2 aromatic rings. The van der Waals surface area contributed by atoms with E-state index in [0.29, 0.717) is 29.5 Å². The van der Waals surface area contributed by atoms with E-state index in [1.54, 1.807) is 30.4 Å². The number of nitrogens with zero attached hydrogens (tertiary/aromatic N) is 1. The Bertz CT molecular complexity index is 1300. The number of hydrogen-bond acceptors (Lipinski definition) is 5. The predicted molar refractivity (Wildman–Crippen MR) is 136 cm³/mol. The number of piperidine rings is 1. The van der Waals surface area contributed by atoms with Crippen molar-refractivity contribution in [1.82, 2.24) is 10.2 Å². The van der Waals surface area contributed by atoms with Crippen LogP contribution in [0.2, 0.25) is 5.02 Å². The summed E-state index contributed by atoms with van der Waals surface area (Å²) < 4.78 is 6.30. The van der Waals surface area contributed by atoms with Crippen molar-refractivity contribution < 1.29 is 19.4 Å². The number of Topliss-reactive ketones (excluding diaryl/α,β-unsaturated/α-hetero) is 1. The minimum absolute atomic E-state index is 0.0643. The summed E-state index contributed by atoms with van der Waals surface area (Å²) in [6, 6.07) is 11.1. The van der Waals surface area contributed by atoms with E-state index in [4.69, 9.17) is 16.3 Å². The van der Waals surface area contributed by atoms with Gasteiger partial charge in [0.1, 0.15) is 0 Å². The first-order chi connectivity index (χ1) is 17.4. The number of likely N-dealkylation sites (tertiary alicyclic amines) is 1. The van der Waals surface area contributed by atoms with Crippen molar-refractivity contribution in [1.29, 1.82) is 0 Å². The zero-order valence-corrected chi connectivity index (χ0v) is 20.8. The molecular weight excluding hydrogens is 476 g/mol. The maximum absolute atomic E-state index is 13.5. The molecule has 7 heteroatoms. The van der Waals surface area contributed by atoms with Gasteiger partial charge in [-0.25, -0.2) is 0 Å². The number of benzene rings is 2. The van der Waals surface area contributed by atoms with Crippen LogP contribution in [0.15, 0.2) is 42.5 Å². The van der Waals surface area contributed by atoms with Gasteiger partial charge < -0.3 is 15.2 Å². The van der Waals surface area contributed by atoms with E-state index in [9.17, 15) is 14.7 Å². The standard InChI is InChI=1S/C29H29ClN2O4/c30-20-7-3-17(4-8-20)5-10-24(35)31-29-12-11-22(34)27-28(29)13-14-32(16-18-1-2-18)23(29)15-19-6-9-21(33)26(36-27)25(19)28/h3-10,18,23,27,33H,1-2,11-16H2,(H,31,35)/b10-5+. The first-order valence-corrected chi connectivity index (χ1v) is 13.3. The zero-order chi connectivity index (χ0) is 24.7. The van der Waals surface area contributed by atoms with E-state index in [-0.39, 0.29) is 23.5 Å². The van der Waals surface area contributed by atoms with Gasteiger partial charge in [-0.15, -0.1) is 0 Å². The lowest BCUT2D eigenvalue weighted by Crippen LogP contribution is -2.81. The van der Waals surface area contributed by atoms with E-state index in [1.165, 1.54) is 12.8 Å². The van der Waals surface area contributed by atoms with Gasteiger partial charge in [0.25, 0.3) is 0 Å². The summed E-state index contributed by atoms with van der Waals surface area (Å²) in [4.78, 5) is 29.4. The number of ketones is 1. The zero-order valence-electron chi connectivity index (χ0n) is 20.0. The molecule has 1 saturated heterocycles. The highest BCUT2D eigenvalue weighted by atomic mass is 35.5. The monoisotopic (exact) mass is 504 g/mol. The number of halogens is 1. The quantitative estimate of drug-likeness (QED) is 0.601. The van der Waals surface area contributed by atoms with Gasteiger partial charge in [-0.2, -0.15) is 0 Å². The molecule has 3 fully saturated rings. The third-order valence-corrected chi connectivity index (χ3v) is 9.51. The summed E-state index contributed by atoms with van der Waals surface area (Å²) in [5, 5.41) is 14.8. The van der Waals surface area contributed by atoms with Gasteiger partial charge in [0, 0.05) is 35.7 Å². The van der Waals surface area contributed by atoms with E-state index in [1.807, 2.05) is 18.2 Å². The molecule has 1 amide bonds. The van der Waals surface area contributed by atoms with E-state index < -0.39 is 17.1 Å². The van der Waals surface area contributed by atoms with Gasteiger partial charge in [0.2, 0.25) is 5.91 Å². The van der Waals surface area contributed by atoms with Crippen LogP contribution in [0.25, 0.3) is 6.08 Å². The number of carbonyl (C=O) groups is 2. The Morgan fingerprint density at radius 3 is 2.78 bits per heavy atom. The summed E-state index contributed by atoms with van der Waals surface area (Å²) in [6.45, 7) is 1.89. The summed E-state index contributed by atoms with van der Waals surface area (Å²) >= 11 is 6.00. The second kappa shape index (κ2) is 7.83. The van der Waals surface area contributed by atoms with Crippen LogP contribution in [0.3, 0.4) is 0 Å². The Hall–Kier alpha value is -2.83. The smallest absolute Gasteiger partial charge is 0.244 e. The van der Waals surface area contributed by atoms with E-state index in [0.717, 1.165) is 42.6 Å². The Morgan fingerprint density at radius 1 is 1.19 bits per heavy atom. The molecule has 1 spiro atoms. The van der Waals surface area contributed by atoms with Crippen LogP contribution in [0.1, 0.15) is 48.8 Å². The summed E-state index contributed by atoms with van der Waals surface area (Å²) in [6.07, 6.45) is 7.63. The minimum atomic E-state index is -0.681. The highest BCUT2D eigenvalue weighted by molar-refractivity contribution is 6.30. The van der Waals surface area contributed by atoms with Gasteiger partial charge in [-0.3, -0.25) is 14.5 Å². The third kappa shape index (κ3) is 3.07. The second-order valence-electron chi connectivity index (χ2n) is 11.1. The Morgan fingerprint density at radius 2 is 2.00 bits per heavy atom. The molecule has 4 unspecified atom stereocenters. The van der Waals surface area contributed by atoms with Crippen molar-refractivity contribution in [2.24, 2.45) is 5.92 Å².